The molecule has 1 unspecified atom stereocenters. The third-order valence-corrected chi connectivity index (χ3v) is 10.5. The molecule has 0 radical (unpaired) electrons. The molecule has 6 heteroatoms. The molecule has 0 heterocycles. The molecule has 0 aliphatic heterocycles. The van der Waals surface area contributed by atoms with Crippen LogP contribution in [0, 0.1) is 5.92 Å². The van der Waals surface area contributed by atoms with E-state index in [0.29, 0.717) is 19.1 Å². The molecule has 0 amide bonds. The summed E-state index contributed by atoms with van der Waals surface area (Å²) >= 11 is 0. The molecule has 0 saturated heterocycles. The largest absolute Gasteiger partial charge is 0.460 e. The van der Waals surface area contributed by atoms with Crippen LogP contribution >= 0.6 is 0 Å². The Kier molecular flexibility index (Phi) is 10.2. The van der Waals surface area contributed by atoms with Gasteiger partial charge in [0.1, 0.15) is 6.61 Å². The van der Waals surface area contributed by atoms with E-state index in [1.54, 1.807) is 0 Å². The molecule has 0 bridgehead atoms. The summed E-state index contributed by atoms with van der Waals surface area (Å²) in [6, 6.07) is 2.33. The van der Waals surface area contributed by atoms with Crippen molar-refractivity contribution in [2.75, 3.05) is 19.8 Å². The summed E-state index contributed by atoms with van der Waals surface area (Å²) < 4.78 is 16.9. The van der Waals surface area contributed by atoms with Crippen LogP contribution in [0.15, 0.2) is 12.7 Å². The van der Waals surface area contributed by atoms with Crippen LogP contribution in [0.25, 0.3) is 0 Å². The van der Waals surface area contributed by atoms with Gasteiger partial charge in [-0.15, -0.1) is 0 Å². The molecule has 0 spiro atoms. The van der Waals surface area contributed by atoms with Crippen LogP contribution in [0.3, 0.4) is 0 Å². The van der Waals surface area contributed by atoms with Crippen molar-refractivity contribution in [3.8, 4) is 0 Å². The molecule has 22 heavy (non-hydrogen) atoms. The Morgan fingerprint density at radius 3 is 2.27 bits per heavy atom. The zero-order valence-corrected chi connectivity index (χ0v) is 17.2. The lowest BCUT2D eigenvalue weighted by Crippen LogP contribution is -2.45. The number of rotatable bonds is 12. The Labute approximate surface area is 138 Å². The SMILES string of the molecule is C=CC(=O)OCCOCCC[Si](C)(CC(C)C)O[Si](C)(C)C. The van der Waals surface area contributed by atoms with Crippen LogP contribution in [-0.4, -0.2) is 42.4 Å². The summed E-state index contributed by atoms with van der Waals surface area (Å²) in [7, 11) is -3.16. The predicted octanol–water partition coefficient (Wildman–Crippen LogP) is 4.21. The molecule has 0 aromatic carbocycles. The van der Waals surface area contributed by atoms with Crippen LogP contribution in [0.2, 0.25) is 38.3 Å². The number of hydrogen-bond acceptors (Lipinski definition) is 4. The van der Waals surface area contributed by atoms with Crippen molar-refractivity contribution in [1.82, 2.24) is 0 Å². The molecule has 4 nitrogen and oxygen atoms in total. The highest BCUT2D eigenvalue weighted by Crippen LogP contribution is 2.27. The summed E-state index contributed by atoms with van der Waals surface area (Å²) in [5.74, 6) is 0.274. The lowest BCUT2D eigenvalue weighted by atomic mass is 10.3. The average molecular weight is 347 g/mol. The molecule has 0 fully saturated rings. The number of esters is 1. The zero-order chi connectivity index (χ0) is 17.2. The van der Waals surface area contributed by atoms with E-state index >= 15 is 0 Å². The van der Waals surface area contributed by atoms with E-state index in [9.17, 15) is 4.79 Å². The van der Waals surface area contributed by atoms with Crippen molar-refractivity contribution in [3.63, 3.8) is 0 Å². The first-order chi connectivity index (χ1) is 10.1. The number of hydrogen-bond donors (Lipinski definition) is 0. The van der Waals surface area contributed by atoms with Gasteiger partial charge in [0.2, 0.25) is 0 Å². The summed E-state index contributed by atoms with van der Waals surface area (Å²) in [4.78, 5) is 10.9. The maximum atomic E-state index is 10.9. The molecule has 0 aliphatic carbocycles. The zero-order valence-electron chi connectivity index (χ0n) is 15.2. The lowest BCUT2D eigenvalue weighted by Gasteiger charge is -2.36. The Balaban J connectivity index is 4.03. The number of ether oxygens (including phenoxy) is 2. The Morgan fingerprint density at radius 1 is 1.14 bits per heavy atom. The molecule has 0 aromatic rings. The second-order valence-corrected chi connectivity index (χ2v) is 16.2. The van der Waals surface area contributed by atoms with Gasteiger partial charge in [-0.25, -0.2) is 4.79 Å². The fourth-order valence-electron chi connectivity index (χ4n) is 2.71. The molecule has 1 atom stereocenters. The van der Waals surface area contributed by atoms with E-state index in [1.807, 2.05) is 0 Å². The van der Waals surface area contributed by atoms with Gasteiger partial charge in [0.25, 0.3) is 0 Å². The van der Waals surface area contributed by atoms with E-state index < -0.39 is 22.6 Å². The third-order valence-electron chi connectivity index (χ3n) is 3.03. The summed E-state index contributed by atoms with van der Waals surface area (Å²) in [5.41, 5.74) is 0. The fraction of sp³-hybridized carbons (Fsp3) is 0.812. The summed E-state index contributed by atoms with van der Waals surface area (Å²) in [5, 5.41) is 0. The van der Waals surface area contributed by atoms with E-state index in [-0.39, 0.29) is 6.61 Å². The van der Waals surface area contributed by atoms with Gasteiger partial charge in [0.05, 0.1) is 6.61 Å². The van der Waals surface area contributed by atoms with Crippen LogP contribution in [0.5, 0.6) is 0 Å². The quantitative estimate of drug-likeness (QED) is 0.230. The van der Waals surface area contributed by atoms with Gasteiger partial charge < -0.3 is 13.6 Å². The van der Waals surface area contributed by atoms with Crippen molar-refractivity contribution in [2.45, 2.75) is 58.5 Å². The Bertz CT molecular complexity index is 340. The molecule has 0 rings (SSSR count). The summed E-state index contributed by atoms with van der Waals surface area (Å²) in [6.45, 7) is 18.5. The van der Waals surface area contributed by atoms with Crippen molar-refractivity contribution >= 4 is 22.6 Å². The minimum Gasteiger partial charge on any atom is -0.460 e. The minimum atomic E-state index is -1.66. The van der Waals surface area contributed by atoms with E-state index in [2.05, 4.69) is 46.6 Å². The first kappa shape index (κ1) is 21.6. The van der Waals surface area contributed by atoms with Crippen LogP contribution < -0.4 is 0 Å². The van der Waals surface area contributed by atoms with Crippen molar-refractivity contribution in [2.24, 2.45) is 5.92 Å². The van der Waals surface area contributed by atoms with Gasteiger partial charge >= 0.3 is 5.97 Å². The highest BCUT2D eigenvalue weighted by molar-refractivity contribution is 6.84. The van der Waals surface area contributed by atoms with Gasteiger partial charge in [0.15, 0.2) is 16.6 Å². The molecular weight excluding hydrogens is 312 g/mol. The second-order valence-electron chi connectivity index (χ2n) is 7.35. The topological polar surface area (TPSA) is 44.8 Å². The molecule has 0 saturated carbocycles. The van der Waals surface area contributed by atoms with Gasteiger partial charge in [-0.3, -0.25) is 0 Å². The van der Waals surface area contributed by atoms with E-state index in [0.717, 1.165) is 18.5 Å². The van der Waals surface area contributed by atoms with Gasteiger partial charge in [0, 0.05) is 12.7 Å². The lowest BCUT2D eigenvalue weighted by molar-refractivity contribution is -0.139. The van der Waals surface area contributed by atoms with Gasteiger partial charge in [-0.05, 0) is 50.6 Å². The third kappa shape index (κ3) is 12.1. The molecule has 0 aromatic heterocycles. The minimum absolute atomic E-state index is 0.289. The molecule has 0 N–H and O–H groups in total. The molecule has 130 valence electrons. The summed E-state index contributed by atoms with van der Waals surface area (Å²) in [6.07, 6.45) is 2.17. The number of carbonyl (C=O) groups excluding carboxylic acids is 1. The van der Waals surface area contributed by atoms with Crippen molar-refractivity contribution in [1.29, 1.82) is 0 Å². The highest BCUT2D eigenvalue weighted by atomic mass is 28.4. The normalized spacial score (nSPS) is 14.7. The van der Waals surface area contributed by atoms with Gasteiger partial charge in [-0.1, -0.05) is 20.4 Å². The highest BCUT2D eigenvalue weighted by Gasteiger charge is 2.34. The maximum Gasteiger partial charge on any atom is 0.330 e. The van der Waals surface area contributed by atoms with Crippen LogP contribution in [0.1, 0.15) is 20.3 Å². The van der Waals surface area contributed by atoms with Crippen molar-refractivity contribution < 1.29 is 18.4 Å². The predicted molar refractivity (Wildman–Crippen MR) is 97.1 cm³/mol. The Hall–Kier alpha value is -0.436. The average Bonchev–Trinajstić information content (AvgIpc) is 2.33. The monoisotopic (exact) mass is 346 g/mol. The fourth-order valence-corrected chi connectivity index (χ4v) is 12.2. The molecule has 0 aliphatic rings. The van der Waals surface area contributed by atoms with E-state index in [4.69, 9.17) is 13.6 Å². The van der Waals surface area contributed by atoms with Crippen LogP contribution in [0.4, 0.5) is 0 Å². The first-order valence-corrected chi connectivity index (χ1v) is 14.4. The number of carbonyl (C=O) groups is 1. The smallest absolute Gasteiger partial charge is 0.330 e. The van der Waals surface area contributed by atoms with Crippen LogP contribution in [-0.2, 0) is 18.4 Å². The van der Waals surface area contributed by atoms with Gasteiger partial charge in [-0.2, -0.15) is 0 Å². The first-order valence-electron chi connectivity index (χ1n) is 8.15. The standard InChI is InChI=1S/C16H34O4Si2/c1-8-16(17)19-12-11-18-10-9-13-22(7,14-15(2)3)20-21(4,5)6/h8,15H,1,9-14H2,2-7H3. The second kappa shape index (κ2) is 10.4. The van der Waals surface area contributed by atoms with E-state index in [1.165, 1.54) is 6.04 Å². The maximum absolute atomic E-state index is 10.9. The molecular formula is C16H34O4Si2. The van der Waals surface area contributed by atoms with Crippen molar-refractivity contribution in [3.05, 3.63) is 12.7 Å². The Morgan fingerprint density at radius 2 is 1.77 bits per heavy atom.